The molecule has 1 fully saturated rings. The topological polar surface area (TPSA) is 108 Å². The van der Waals surface area contributed by atoms with E-state index < -0.39 is 18.0 Å². The van der Waals surface area contributed by atoms with Crippen molar-refractivity contribution in [1.29, 1.82) is 0 Å². The Hall–Kier alpha value is -1.79. The van der Waals surface area contributed by atoms with E-state index >= 15 is 0 Å². The molecule has 1 rings (SSSR count). The lowest BCUT2D eigenvalue weighted by Crippen LogP contribution is -2.53. The Kier molecular flexibility index (Phi) is 5.41. The van der Waals surface area contributed by atoms with Crippen LogP contribution in [0.15, 0.2) is 0 Å². The Balaban J connectivity index is 2.35. The first-order chi connectivity index (χ1) is 8.52. The smallest absolute Gasteiger partial charge is 0.326 e. The molecule has 18 heavy (non-hydrogen) atoms. The Morgan fingerprint density at radius 3 is 2.78 bits per heavy atom. The Morgan fingerprint density at radius 2 is 2.28 bits per heavy atom. The van der Waals surface area contributed by atoms with Gasteiger partial charge < -0.3 is 21.1 Å². The van der Waals surface area contributed by atoms with E-state index in [1.807, 2.05) is 6.92 Å². The molecule has 7 nitrogen and oxygen atoms in total. The maximum atomic E-state index is 11.6. The zero-order chi connectivity index (χ0) is 13.5. The largest absolute Gasteiger partial charge is 0.480 e. The highest BCUT2D eigenvalue weighted by Crippen LogP contribution is 2.03. The highest BCUT2D eigenvalue weighted by atomic mass is 16.4. The van der Waals surface area contributed by atoms with Crippen molar-refractivity contribution in [3.8, 4) is 0 Å². The van der Waals surface area contributed by atoms with Crippen LogP contribution >= 0.6 is 0 Å². The number of aliphatic carboxylic acids is 1. The molecule has 3 amide bonds. The Labute approximate surface area is 105 Å². The zero-order valence-electron chi connectivity index (χ0n) is 10.4. The van der Waals surface area contributed by atoms with Gasteiger partial charge in [0.1, 0.15) is 6.04 Å². The van der Waals surface area contributed by atoms with Crippen LogP contribution in [0.25, 0.3) is 0 Å². The van der Waals surface area contributed by atoms with Crippen LogP contribution in [-0.4, -0.2) is 41.6 Å². The molecule has 2 atom stereocenters. The average Bonchev–Trinajstić information content (AvgIpc) is 2.31. The van der Waals surface area contributed by atoms with Gasteiger partial charge in [0.25, 0.3) is 0 Å². The number of urea groups is 1. The number of hydrogen-bond acceptors (Lipinski definition) is 3. The minimum atomic E-state index is -1.04. The molecule has 0 radical (unpaired) electrons. The van der Waals surface area contributed by atoms with E-state index in [-0.39, 0.29) is 11.9 Å². The Morgan fingerprint density at radius 1 is 1.56 bits per heavy atom. The van der Waals surface area contributed by atoms with Crippen molar-refractivity contribution < 1.29 is 19.5 Å². The predicted molar refractivity (Wildman–Crippen MR) is 64.0 cm³/mol. The second-order valence-electron chi connectivity index (χ2n) is 4.34. The van der Waals surface area contributed by atoms with Crippen LogP contribution < -0.4 is 16.0 Å². The van der Waals surface area contributed by atoms with E-state index in [0.29, 0.717) is 32.2 Å². The molecule has 0 bridgehead atoms. The minimum absolute atomic E-state index is 0.0251. The van der Waals surface area contributed by atoms with Crippen LogP contribution in [0, 0.1) is 0 Å². The molecule has 102 valence electrons. The molecule has 0 aromatic heterocycles. The van der Waals surface area contributed by atoms with Crippen molar-refractivity contribution in [3.05, 3.63) is 0 Å². The van der Waals surface area contributed by atoms with E-state index in [9.17, 15) is 14.4 Å². The Bertz CT molecular complexity index is 322. The van der Waals surface area contributed by atoms with Crippen molar-refractivity contribution in [2.45, 2.75) is 44.7 Å². The first-order valence-corrected chi connectivity index (χ1v) is 6.09. The van der Waals surface area contributed by atoms with Crippen LogP contribution in [0.5, 0.6) is 0 Å². The SMILES string of the molecule is CCC[C@@H](NC(=O)NC1CCC(=O)NC1)C(=O)O. The molecule has 1 heterocycles. The summed E-state index contributed by atoms with van der Waals surface area (Å²) in [5.74, 6) is -1.06. The number of hydrogen-bond donors (Lipinski definition) is 4. The first-order valence-electron chi connectivity index (χ1n) is 6.09. The van der Waals surface area contributed by atoms with Crippen molar-refractivity contribution in [1.82, 2.24) is 16.0 Å². The third kappa shape index (κ3) is 4.60. The predicted octanol–water partition coefficient (Wildman–Crippen LogP) is -0.182. The maximum absolute atomic E-state index is 11.6. The van der Waals surface area contributed by atoms with Gasteiger partial charge >= 0.3 is 12.0 Å². The molecule has 0 spiro atoms. The van der Waals surface area contributed by atoms with Crippen LogP contribution in [0.4, 0.5) is 4.79 Å². The van der Waals surface area contributed by atoms with E-state index in [2.05, 4.69) is 16.0 Å². The standard InChI is InChI=1S/C11H19N3O4/c1-2-3-8(10(16)17)14-11(18)13-7-4-5-9(15)12-6-7/h7-8H,2-6H2,1H3,(H,12,15)(H,16,17)(H2,13,14,18)/t7?,8-/m1/s1. The van der Waals surface area contributed by atoms with Crippen molar-refractivity contribution in [2.24, 2.45) is 0 Å². The lowest BCUT2D eigenvalue weighted by atomic mass is 10.1. The molecular formula is C11H19N3O4. The molecule has 1 aliphatic rings. The molecule has 0 saturated carbocycles. The summed E-state index contributed by atoms with van der Waals surface area (Å²) in [6, 6.07) is -1.51. The number of carboxylic acids is 1. The normalized spacial score (nSPS) is 20.7. The van der Waals surface area contributed by atoms with Crippen LogP contribution in [0.3, 0.4) is 0 Å². The molecule has 1 saturated heterocycles. The highest BCUT2D eigenvalue weighted by molar-refractivity contribution is 5.83. The summed E-state index contributed by atoms with van der Waals surface area (Å²) in [5.41, 5.74) is 0. The van der Waals surface area contributed by atoms with Crippen LogP contribution in [-0.2, 0) is 9.59 Å². The second kappa shape index (κ2) is 6.83. The first kappa shape index (κ1) is 14.3. The molecular weight excluding hydrogens is 238 g/mol. The van der Waals surface area contributed by atoms with Gasteiger partial charge in [0.05, 0.1) is 0 Å². The zero-order valence-corrected chi connectivity index (χ0v) is 10.4. The third-order valence-corrected chi connectivity index (χ3v) is 2.78. The number of carboxylic acid groups (broad SMARTS) is 1. The average molecular weight is 257 g/mol. The maximum Gasteiger partial charge on any atom is 0.326 e. The quantitative estimate of drug-likeness (QED) is 0.548. The number of carbonyl (C=O) groups is 3. The third-order valence-electron chi connectivity index (χ3n) is 2.78. The van der Waals surface area contributed by atoms with Gasteiger partial charge in [-0.1, -0.05) is 13.3 Å². The number of nitrogens with one attached hydrogen (secondary N) is 3. The summed E-state index contributed by atoms with van der Waals surface area (Å²) in [6.45, 7) is 2.24. The van der Waals surface area contributed by atoms with Gasteiger partial charge in [-0.25, -0.2) is 9.59 Å². The fourth-order valence-corrected chi connectivity index (χ4v) is 1.79. The second-order valence-corrected chi connectivity index (χ2v) is 4.34. The summed E-state index contributed by atoms with van der Waals surface area (Å²) < 4.78 is 0. The van der Waals surface area contributed by atoms with Gasteiger partial charge in [-0.2, -0.15) is 0 Å². The van der Waals surface area contributed by atoms with Crippen molar-refractivity contribution >= 4 is 17.9 Å². The van der Waals surface area contributed by atoms with Crippen LogP contribution in [0.2, 0.25) is 0 Å². The summed E-state index contributed by atoms with van der Waals surface area (Å²) in [7, 11) is 0. The summed E-state index contributed by atoms with van der Waals surface area (Å²) in [6.07, 6.45) is 2.02. The summed E-state index contributed by atoms with van der Waals surface area (Å²) in [4.78, 5) is 33.4. The molecule has 4 N–H and O–H groups in total. The summed E-state index contributed by atoms with van der Waals surface area (Å²) in [5, 5.41) is 16.6. The fraction of sp³-hybridized carbons (Fsp3) is 0.727. The van der Waals surface area contributed by atoms with E-state index in [0.717, 1.165) is 0 Å². The summed E-state index contributed by atoms with van der Waals surface area (Å²) >= 11 is 0. The lowest BCUT2D eigenvalue weighted by Gasteiger charge is -2.24. The van der Waals surface area contributed by atoms with Gasteiger partial charge in [0.15, 0.2) is 0 Å². The number of rotatable bonds is 5. The molecule has 7 heteroatoms. The van der Waals surface area contributed by atoms with Crippen molar-refractivity contribution in [3.63, 3.8) is 0 Å². The van der Waals surface area contributed by atoms with E-state index in [1.54, 1.807) is 0 Å². The van der Waals surface area contributed by atoms with Gasteiger partial charge in [0, 0.05) is 19.0 Å². The minimum Gasteiger partial charge on any atom is -0.480 e. The van der Waals surface area contributed by atoms with E-state index in [4.69, 9.17) is 5.11 Å². The van der Waals surface area contributed by atoms with Gasteiger partial charge in [-0.3, -0.25) is 4.79 Å². The van der Waals surface area contributed by atoms with Gasteiger partial charge in [0.2, 0.25) is 5.91 Å². The highest BCUT2D eigenvalue weighted by Gasteiger charge is 2.22. The van der Waals surface area contributed by atoms with Crippen molar-refractivity contribution in [2.75, 3.05) is 6.54 Å². The number of carbonyl (C=O) groups excluding carboxylic acids is 2. The van der Waals surface area contributed by atoms with E-state index in [1.165, 1.54) is 0 Å². The molecule has 1 aliphatic heterocycles. The van der Waals surface area contributed by atoms with Gasteiger partial charge in [-0.05, 0) is 12.8 Å². The van der Waals surface area contributed by atoms with Gasteiger partial charge in [-0.15, -0.1) is 0 Å². The number of amides is 3. The van der Waals surface area contributed by atoms with Crippen LogP contribution in [0.1, 0.15) is 32.6 Å². The fourth-order valence-electron chi connectivity index (χ4n) is 1.79. The number of piperidine rings is 1. The molecule has 1 unspecified atom stereocenters. The molecule has 0 aromatic carbocycles. The monoisotopic (exact) mass is 257 g/mol. The molecule has 0 aromatic rings. The molecule has 0 aliphatic carbocycles. The lowest BCUT2D eigenvalue weighted by molar-refractivity contribution is -0.139.